The summed E-state index contributed by atoms with van der Waals surface area (Å²) in [5.41, 5.74) is 1.58. The first kappa shape index (κ1) is 24.6. The zero-order chi connectivity index (χ0) is 23.8. The molecular formula is C25H34N2O6. The molecule has 1 aliphatic rings. The third-order valence-electron chi connectivity index (χ3n) is 5.80. The molecule has 1 fully saturated rings. The molecule has 3 rings (SSSR count). The van der Waals surface area contributed by atoms with E-state index in [9.17, 15) is 9.59 Å². The van der Waals surface area contributed by atoms with E-state index in [4.69, 9.17) is 18.6 Å². The summed E-state index contributed by atoms with van der Waals surface area (Å²) in [4.78, 5) is 27.3. The van der Waals surface area contributed by atoms with Crippen molar-refractivity contribution in [3.8, 4) is 11.5 Å². The predicted octanol–water partition coefficient (Wildman–Crippen LogP) is 3.28. The van der Waals surface area contributed by atoms with Gasteiger partial charge in [-0.15, -0.1) is 0 Å². The highest BCUT2D eigenvalue weighted by molar-refractivity contribution is 5.95. The van der Waals surface area contributed by atoms with Crippen molar-refractivity contribution >= 4 is 11.8 Å². The Morgan fingerprint density at radius 1 is 1.15 bits per heavy atom. The van der Waals surface area contributed by atoms with Crippen LogP contribution in [0.4, 0.5) is 0 Å². The highest BCUT2D eigenvalue weighted by Crippen LogP contribution is 2.27. The van der Waals surface area contributed by atoms with Crippen LogP contribution in [0.25, 0.3) is 0 Å². The van der Waals surface area contributed by atoms with Crippen LogP contribution < -0.4 is 14.8 Å². The summed E-state index contributed by atoms with van der Waals surface area (Å²) >= 11 is 0. The fourth-order valence-corrected chi connectivity index (χ4v) is 4.03. The Morgan fingerprint density at radius 3 is 2.58 bits per heavy atom. The van der Waals surface area contributed by atoms with Gasteiger partial charge in [0.1, 0.15) is 11.5 Å². The van der Waals surface area contributed by atoms with Gasteiger partial charge in [0.2, 0.25) is 5.91 Å². The molecule has 180 valence electrons. The number of amides is 2. The molecule has 1 N–H and O–H groups in total. The Balaban J connectivity index is 1.53. The van der Waals surface area contributed by atoms with Gasteiger partial charge in [0.25, 0.3) is 5.91 Å². The zero-order valence-electron chi connectivity index (χ0n) is 19.9. The van der Waals surface area contributed by atoms with Gasteiger partial charge in [-0.05, 0) is 56.9 Å². The van der Waals surface area contributed by atoms with Crippen LogP contribution in [0.3, 0.4) is 0 Å². The van der Waals surface area contributed by atoms with E-state index in [1.807, 2.05) is 25.1 Å². The maximum Gasteiger partial charge on any atom is 0.257 e. The van der Waals surface area contributed by atoms with Gasteiger partial charge in [-0.2, -0.15) is 0 Å². The number of carbonyl (C=O) groups is 2. The van der Waals surface area contributed by atoms with Crippen LogP contribution in [0.2, 0.25) is 0 Å². The lowest BCUT2D eigenvalue weighted by Gasteiger charge is -2.25. The highest BCUT2D eigenvalue weighted by atomic mass is 16.5. The first-order chi connectivity index (χ1) is 15.9. The molecule has 0 aliphatic carbocycles. The Kier molecular flexibility index (Phi) is 8.77. The number of furan rings is 1. The molecule has 1 aromatic carbocycles. The van der Waals surface area contributed by atoms with E-state index in [0.29, 0.717) is 61.2 Å². The molecule has 2 aromatic rings. The van der Waals surface area contributed by atoms with Crippen LogP contribution in [-0.2, 0) is 16.0 Å². The molecule has 1 aliphatic heterocycles. The second-order valence-electron chi connectivity index (χ2n) is 8.25. The van der Waals surface area contributed by atoms with Gasteiger partial charge in [-0.3, -0.25) is 9.59 Å². The smallest absolute Gasteiger partial charge is 0.257 e. The Bertz CT molecular complexity index is 948. The quantitative estimate of drug-likeness (QED) is 0.556. The lowest BCUT2D eigenvalue weighted by Crippen LogP contribution is -2.40. The van der Waals surface area contributed by atoms with Crippen LogP contribution in [0.1, 0.15) is 46.7 Å². The van der Waals surface area contributed by atoms with Gasteiger partial charge < -0.3 is 28.8 Å². The number of aryl methyl sites for hydroxylation is 2. The molecule has 1 aromatic heterocycles. The van der Waals surface area contributed by atoms with E-state index in [1.54, 1.807) is 32.1 Å². The molecule has 1 unspecified atom stereocenters. The minimum atomic E-state index is -0.127. The third kappa shape index (κ3) is 6.74. The molecule has 0 saturated carbocycles. The van der Waals surface area contributed by atoms with Gasteiger partial charge in [0.05, 0.1) is 25.9 Å². The fourth-order valence-electron chi connectivity index (χ4n) is 4.03. The first-order valence-corrected chi connectivity index (χ1v) is 11.4. The molecular weight excluding hydrogens is 424 g/mol. The van der Waals surface area contributed by atoms with Gasteiger partial charge in [0.15, 0.2) is 11.5 Å². The van der Waals surface area contributed by atoms with Crippen molar-refractivity contribution < 1.29 is 28.2 Å². The van der Waals surface area contributed by atoms with Gasteiger partial charge >= 0.3 is 0 Å². The van der Waals surface area contributed by atoms with Crippen molar-refractivity contribution in [2.24, 2.45) is 0 Å². The van der Waals surface area contributed by atoms with E-state index in [1.165, 1.54) is 0 Å². The van der Waals surface area contributed by atoms with Crippen LogP contribution in [0.15, 0.2) is 28.7 Å². The average Bonchev–Trinajstić information content (AvgIpc) is 3.44. The second kappa shape index (κ2) is 11.7. The zero-order valence-corrected chi connectivity index (χ0v) is 19.9. The summed E-state index contributed by atoms with van der Waals surface area (Å²) in [6.07, 6.45) is 2.81. The van der Waals surface area contributed by atoms with Crippen LogP contribution in [0, 0.1) is 13.8 Å². The number of hydrogen-bond donors (Lipinski definition) is 1. The maximum atomic E-state index is 13.1. The van der Waals surface area contributed by atoms with Gasteiger partial charge in [0, 0.05) is 32.7 Å². The minimum absolute atomic E-state index is 0.00960. The number of ether oxygens (including phenoxy) is 3. The van der Waals surface area contributed by atoms with Gasteiger partial charge in [-0.1, -0.05) is 6.07 Å². The molecule has 2 amide bonds. The summed E-state index contributed by atoms with van der Waals surface area (Å²) in [6, 6.07) is 7.46. The highest BCUT2D eigenvalue weighted by Gasteiger charge is 2.26. The van der Waals surface area contributed by atoms with E-state index in [2.05, 4.69) is 5.32 Å². The lowest BCUT2D eigenvalue weighted by atomic mass is 10.1. The van der Waals surface area contributed by atoms with Crippen molar-refractivity contribution in [2.75, 3.05) is 40.5 Å². The molecule has 1 atom stereocenters. The van der Waals surface area contributed by atoms with Crippen molar-refractivity contribution in [1.29, 1.82) is 0 Å². The van der Waals surface area contributed by atoms with Crippen molar-refractivity contribution in [1.82, 2.24) is 10.2 Å². The lowest BCUT2D eigenvalue weighted by molar-refractivity contribution is -0.121. The molecule has 0 bridgehead atoms. The number of nitrogens with zero attached hydrogens (tertiary/aromatic N) is 1. The van der Waals surface area contributed by atoms with E-state index < -0.39 is 0 Å². The molecule has 0 radical (unpaired) electrons. The Hall–Kier alpha value is -3.00. The van der Waals surface area contributed by atoms with Gasteiger partial charge in [-0.25, -0.2) is 0 Å². The van der Waals surface area contributed by atoms with Crippen molar-refractivity contribution in [3.05, 3.63) is 46.9 Å². The van der Waals surface area contributed by atoms with Crippen LogP contribution in [0.5, 0.6) is 11.5 Å². The number of hydrogen-bond acceptors (Lipinski definition) is 6. The fraction of sp³-hybridized carbons (Fsp3) is 0.520. The number of methoxy groups -OCH3 is 2. The van der Waals surface area contributed by atoms with Crippen molar-refractivity contribution in [2.45, 2.75) is 45.6 Å². The minimum Gasteiger partial charge on any atom is -0.493 e. The monoisotopic (exact) mass is 458 g/mol. The molecule has 1 saturated heterocycles. The summed E-state index contributed by atoms with van der Waals surface area (Å²) < 4.78 is 21.8. The maximum absolute atomic E-state index is 13.1. The molecule has 33 heavy (non-hydrogen) atoms. The number of benzene rings is 1. The summed E-state index contributed by atoms with van der Waals surface area (Å²) in [7, 11) is 3.19. The Morgan fingerprint density at radius 2 is 1.94 bits per heavy atom. The summed E-state index contributed by atoms with van der Waals surface area (Å²) in [6.45, 7) is 5.61. The molecule has 8 nitrogen and oxygen atoms in total. The first-order valence-electron chi connectivity index (χ1n) is 11.4. The summed E-state index contributed by atoms with van der Waals surface area (Å²) in [5.74, 6) is 2.40. The topological polar surface area (TPSA) is 90.2 Å². The Labute approximate surface area is 195 Å². The molecule has 8 heteroatoms. The largest absolute Gasteiger partial charge is 0.493 e. The van der Waals surface area contributed by atoms with Crippen LogP contribution >= 0.6 is 0 Å². The SMILES string of the molecule is COc1ccc(CCNC(=O)CCN(CC2CCCO2)C(=O)c2cc(C)oc2C)cc1OC. The van der Waals surface area contributed by atoms with Crippen LogP contribution in [-0.4, -0.2) is 63.3 Å². The number of rotatable bonds is 11. The summed E-state index contributed by atoms with van der Waals surface area (Å²) in [5, 5.41) is 2.94. The molecule has 2 heterocycles. The normalized spacial score (nSPS) is 15.3. The van der Waals surface area contributed by atoms with E-state index in [0.717, 1.165) is 18.4 Å². The standard InChI is InChI=1S/C25H34N2O6/c1-17-14-21(18(2)33-17)25(29)27(16-20-6-5-13-32-20)12-10-24(28)26-11-9-19-7-8-22(30-3)23(15-19)31-4/h7-8,14-15,20H,5-6,9-13,16H2,1-4H3,(H,26,28). The van der Waals surface area contributed by atoms with E-state index in [-0.39, 0.29) is 24.3 Å². The third-order valence-corrected chi connectivity index (χ3v) is 5.80. The predicted molar refractivity (Wildman–Crippen MR) is 124 cm³/mol. The average molecular weight is 459 g/mol. The van der Waals surface area contributed by atoms with E-state index >= 15 is 0 Å². The second-order valence-corrected chi connectivity index (χ2v) is 8.25. The number of carbonyl (C=O) groups excluding carboxylic acids is 2. The van der Waals surface area contributed by atoms with Crippen molar-refractivity contribution in [3.63, 3.8) is 0 Å². The number of nitrogens with one attached hydrogen (secondary N) is 1. The molecule has 0 spiro atoms.